The van der Waals surface area contributed by atoms with E-state index in [1.54, 1.807) is 7.11 Å². The molecule has 0 bridgehead atoms. The van der Waals surface area contributed by atoms with Crippen LogP contribution in [-0.2, 0) is 15.7 Å². The standard InChI is InChI=1S/C17H25F3N4O2/c1-13(12-26-2)22-16(25)11-23-6-3-7-24(9-8-23)15-5-4-14(10-21-15)17(18,19)20/h4-5,10,13H,3,6-9,11-12H2,1-2H3,(H,22,25)/t13-/m0/s1. The Morgan fingerprint density at radius 2 is 2.08 bits per heavy atom. The second-order valence-electron chi connectivity index (χ2n) is 6.44. The number of nitrogens with zero attached hydrogens (tertiary/aromatic N) is 3. The minimum absolute atomic E-state index is 0.0488. The van der Waals surface area contributed by atoms with Gasteiger partial charge in [0.05, 0.1) is 18.7 Å². The number of anilines is 1. The van der Waals surface area contributed by atoms with Gasteiger partial charge in [-0.25, -0.2) is 4.98 Å². The van der Waals surface area contributed by atoms with Crippen LogP contribution in [0.2, 0.25) is 0 Å². The molecule has 1 aliphatic heterocycles. The van der Waals surface area contributed by atoms with Crippen LogP contribution in [0.1, 0.15) is 18.9 Å². The molecule has 1 saturated heterocycles. The Morgan fingerprint density at radius 3 is 2.69 bits per heavy atom. The summed E-state index contributed by atoms with van der Waals surface area (Å²) in [6.45, 7) is 5.33. The molecule has 9 heteroatoms. The van der Waals surface area contributed by atoms with Crippen molar-refractivity contribution >= 4 is 11.7 Å². The molecule has 2 heterocycles. The van der Waals surface area contributed by atoms with E-state index in [1.165, 1.54) is 6.07 Å². The first-order valence-corrected chi connectivity index (χ1v) is 8.58. The molecule has 1 aromatic rings. The van der Waals surface area contributed by atoms with Crippen molar-refractivity contribution in [1.82, 2.24) is 15.2 Å². The Balaban J connectivity index is 1.86. The fourth-order valence-corrected chi connectivity index (χ4v) is 2.91. The molecule has 0 aromatic carbocycles. The maximum atomic E-state index is 12.6. The number of pyridine rings is 1. The third-order valence-electron chi connectivity index (χ3n) is 4.18. The number of hydrogen-bond donors (Lipinski definition) is 1. The summed E-state index contributed by atoms with van der Waals surface area (Å²) in [7, 11) is 1.58. The zero-order valence-corrected chi connectivity index (χ0v) is 15.1. The number of carbonyl (C=O) groups is 1. The zero-order chi connectivity index (χ0) is 19.2. The largest absolute Gasteiger partial charge is 0.417 e. The third-order valence-corrected chi connectivity index (χ3v) is 4.18. The van der Waals surface area contributed by atoms with Gasteiger partial charge in [0.25, 0.3) is 0 Å². The van der Waals surface area contributed by atoms with Crippen LogP contribution >= 0.6 is 0 Å². The van der Waals surface area contributed by atoms with Crippen LogP contribution < -0.4 is 10.2 Å². The van der Waals surface area contributed by atoms with E-state index in [2.05, 4.69) is 10.3 Å². The van der Waals surface area contributed by atoms with E-state index < -0.39 is 11.7 Å². The smallest absolute Gasteiger partial charge is 0.383 e. The number of rotatable bonds is 6. The lowest BCUT2D eigenvalue weighted by molar-refractivity contribution is -0.137. The Hall–Kier alpha value is -1.87. The van der Waals surface area contributed by atoms with Crippen LogP contribution in [0.4, 0.5) is 19.0 Å². The first-order valence-electron chi connectivity index (χ1n) is 8.58. The Morgan fingerprint density at radius 1 is 1.31 bits per heavy atom. The highest BCUT2D eigenvalue weighted by Gasteiger charge is 2.31. The quantitative estimate of drug-likeness (QED) is 0.822. The van der Waals surface area contributed by atoms with Crippen molar-refractivity contribution in [3.8, 4) is 0 Å². The summed E-state index contributed by atoms with van der Waals surface area (Å²) in [4.78, 5) is 20.0. The summed E-state index contributed by atoms with van der Waals surface area (Å²) in [6, 6.07) is 2.40. The van der Waals surface area contributed by atoms with Gasteiger partial charge in [0, 0.05) is 45.5 Å². The molecule has 0 spiro atoms. The number of halogens is 3. The molecular formula is C17H25F3N4O2. The van der Waals surface area contributed by atoms with Crippen molar-refractivity contribution < 1.29 is 22.7 Å². The van der Waals surface area contributed by atoms with Gasteiger partial charge in [0.2, 0.25) is 5.91 Å². The molecule has 2 rings (SSSR count). The SMILES string of the molecule is COC[C@H](C)NC(=O)CN1CCCN(c2ccc(C(F)(F)F)cn2)CC1. The molecule has 1 aliphatic rings. The van der Waals surface area contributed by atoms with Gasteiger partial charge < -0.3 is 15.0 Å². The molecule has 1 N–H and O–H groups in total. The van der Waals surface area contributed by atoms with Crippen molar-refractivity contribution in [2.24, 2.45) is 0 Å². The molecule has 1 fully saturated rings. The van der Waals surface area contributed by atoms with Crippen LogP contribution in [0.25, 0.3) is 0 Å². The molecule has 1 atom stereocenters. The van der Waals surface area contributed by atoms with E-state index in [0.29, 0.717) is 38.6 Å². The van der Waals surface area contributed by atoms with Gasteiger partial charge in [0.1, 0.15) is 5.82 Å². The average molecular weight is 374 g/mol. The van der Waals surface area contributed by atoms with E-state index in [1.807, 2.05) is 16.7 Å². The second-order valence-corrected chi connectivity index (χ2v) is 6.44. The monoisotopic (exact) mass is 374 g/mol. The Kier molecular flexibility index (Phi) is 7.22. The minimum atomic E-state index is -4.38. The summed E-state index contributed by atoms with van der Waals surface area (Å²) in [6.07, 6.45) is -2.71. The maximum absolute atomic E-state index is 12.6. The predicted octanol–water partition coefficient (Wildman–Crippen LogP) is 1.76. The van der Waals surface area contributed by atoms with E-state index in [9.17, 15) is 18.0 Å². The third kappa shape index (κ3) is 6.14. The van der Waals surface area contributed by atoms with Crippen LogP contribution in [0.3, 0.4) is 0 Å². The summed E-state index contributed by atoms with van der Waals surface area (Å²) < 4.78 is 42.9. The lowest BCUT2D eigenvalue weighted by Gasteiger charge is -2.23. The van der Waals surface area contributed by atoms with E-state index in [-0.39, 0.29) is 11.9 Å². The van der Waals surface area contributed by atoms with Gasteiger partial charge in [0.15, 0.2) is 0 Å². The Bertz CT molecular complexity index is 580. The van der Waals surface area contributed by atoms with Gasteiger partial charge in [-0.15, -0.1) is 0 Å². The molecule has 0 unspecified atom stereocenters. The normalized spacial score (nSPS) is 17.7. The topological polar surface area (TPSA) is 57.7 Å². The van der Waals surface area contributed by atoms with Gasteiger partial charge in [-0.1, -0.05) is 0 Å². The molecular weight excluding hydrogens is 349 g/mol. The van der Waals surface area contributed by atoms with Crippen molar-refractivity contribution in [1.29, 1.82) is 0 Å². The molecule has 146 valence electrons. The minimum Gasteiger partial charge on any atom is -0.383 e. The lowest BCUT2D eigenvalue weighted by atomic mass is 10.2. The average Bonchev–Trinajstić information content (AvgIpc) is 2.80. The van der Waals surface area contributed by atoms with Crippen LogP contribution in [0.15, 0.2) is 18.3 Å². The Labute approximate surface area is 151 Å². The molecule has 6 nitrogen and oxygen atoms in total. The van der Waals surface area contributed by atoms with Crippen molar-refractivity contribution in [3.63, 3.8) is 0 Å². The number of hydrogen-bond acceptors (Lipinski definition) is 5. The van der Waals surface area contributed by atoms with Gasteiger partial charge in [-0.2, -0.15) is 13.2 Å². The van der Waals surface area contributed by atoms with E-state index in [0.717, 1.165) is 25.2 Å². The summed E-state index contributed by atoms with van der Waals surface area (Å²) >= 11 is 0. The number of amides is 1. The molecule has 0 radical (unpaired) electrons. The van der Waals surface area contributed by atoms with E-state index >= 15 is 0 Å². The highest BCUT2D eigenvalue weighted by Crippen LogP contribution is 2.29. The fraction of sp³-hybridized carbons (Fsp3) is 0.647. The first-order chi connectivity index (χ1) is 12.3. The van der Waals surface area contributed by atoms with E-state index in [4.69, 9.17) is 4.74 Å². The number of nitrogens with one attached hydrogen (secondary N) is 1. The second kappa shape index (κ2) is 9.18. The number of methoxy groups -OCH3 is 1. The molecule has 1 amide bonds. The van der Waals surface area contributed by atoms with Gasteiger partial charge in [-0.05, 0) is 25.5 Å². The van der Waals surface area contributed by atoms with Crippen LogP contribution in [0, 0.1) is 0 Å². The number of alkyl halides is 3. The first kappa shape index (κ1) is 20.4. The molecule has 26 heavy (non-hydrogen) atoms. The highest BCUT2D eigenvalue weighted by molar-refractivity contribution is 5.78. The summed E-state index contributed by atoms with van der Waals surface area (Å²) in [5.41, 5.74) is -0.750. The molecule has 0 saturated carbocycles. The van der Waals surface area contributed by atoms with Crippen molar-refractivity contribution in [2.45, 2.75) is 25.6 Å². The van der Waals surface area contributed by atoms with Crippen molar-refractivity contribution in [2.75, 3.05) is 51.3 Å². The predicted molar refractivity (Wildman–Crippen MR) is 92.0 cm³/mol. The molecule has 1 aromatic heterocycles. The summed E-state index contributed by atoms with van der Waals surface area (Å²) in [5, 5.41) is 2.87. The van der Waals surface area contributed by atoms with Crippen LogP contribution in [0.5, 0.6) is 0 Å². The molecule has 0 aliphatic carbocycles. The maximum Gasteiger partial charge on any atom is 0.417 e. The number of ether oxygens (including phenoxy) is 1. The van der Waals surface area contributed by atoms with Gasteiger partial charge >= 0.3 is 6.18 Å². The lowest BCUT2D eigenvalue weighted by Crippen LogP contribution is -2.43. The fourth-order valence-electron chi connectivity index (χ4n) is 2.91. The summed E-state index contributed by atoms with van der Waals surface area (Å²) in [5.74, 6) is 0.466. The zero-order valence-electron chi connectivity index (χ0n) is 15.1. The number of aromatic nitrogens is 1. The van der Waals surface area contributed by atoms with Crippen LogP contribution in [-0.4, -0.2) is 68.3 Å². The van der Waals surface area contributed by atoms with Crippen molar-refractivity contribution in [3.05, 3.63) is 23.9 Å². The highest BCUT2D eigenvalue weighted by atomic mass is 19.4. The number of carbonyl (C=O) groups excluding carboxylic acids is 1. The van der Waals surface area contributed by atoms with Gasteiger partial charge in [-0.3, -0.25) is 9.69 Å².